The molecule has 1 atom stereocenters. The van der Waals surface area contributed by atoms with Gasteiger partial charge in [-0.25, -0.2) is 4.98 Å². The Bertz CT molecular complexity index is 1050. The molecule has 0 spiro atoms. The molecule has 5 nitrogen and oxygen atoms in total. The van der Waals surface area contributed by atoms with Crippen LogP contribution < -0.4 is 5.32 Å². The monoisotopic (exact) mass is 445 g/mol. The Morgan fingerprint density at radius 1 is 1.09 bits per heavy atom. The van der Waals surface area contributed by atoms with Crippen molar-refractivity contribution in [3.63, 3.8) is 0 Å². The van der Waals surface area contributed by atoms with Crippen molar-refractivity contribution >= 4 is 5.91 Å². The fraction of sp³-hybridized carbons (Fsp3) is 0.429. The summed E-state index contributed by atoms with van der Waals surface area (Å²) in [6, 6.07) is 18.8. The molecular formula is C28H35N3O2. The smallest absolute Gasteiger partial charge is 0.226 e. The Labute approximate surface area is 197 Å². The van der Waals surface area contributed by atoms with Crippen molar-refractivity contribution < 1.29 is 9.21 Å². The third-order valence-electron chi connectivity index (χ3n) is 6.70. The van der Waals surface area contributed by atoms with E-state index in [0.717, 1.165) is 67.9 Å². The first-order valence-corrected chi connectivity index (χ1v) is 12.1. The van der Waals surface area contributed by atoms with Crippen LogP contribution in [-0.4, -0.2) is 34.9 Å². The van der Waals surface area contributed by atoms with Gasteiger partial charge in [0.1, 0.15) is 5.76 Å². The van der Waals surface area contributed by atoms with E-state index in [9.17, 15) is 4.79 Å². The van der Waals surface area contributed by atoms with Crippen molar-refractivity contribution in [1.29, 1.82) is 0 Å². The molecule has 0 saturated carbocycles. The fourth-order valence-corrected chi connectivity index (χ4v) is 4.53. The minimum absolute atomic E-state index is 0.0985. The van der Waals surface area contributed by atoms with E-state index in [1.54, 1.807) is 0 Å². The van der Waals surface area contributed by atoms with E-state index in [2.05, 4.69) is 60.5 Å². The average Bonchev–Trinajstić information content (AvgIpc) is 3.19. The van der Waals surface area contributed by atoms with E-state index in [4.69, 9.17) is 9.40 Å². The van der Waals surface area contributed by atoms with Gasteiger partial charge in [-0.05, 0) is 76.7 Å². The van der Waals surface area contributed by atoms with Crippen LogP contribution in [0.15, 0.2) is 59.0 Å². The molecular weight excluding hydrogens is 410 g/mol. The normalized spacial score (nSPS) is 16.0. The van der Waals surface area contributed by atoms with Gasteiger partial charge in [0.2, 0.25) is 11.8 Å². The summed E-state index contributed by atoms with van der Waals surface area (Å²) in [5.74, 6) is 1.87. The molecule has 4 rings (SSSR count). The van der Waals surface area contributed by atoms with Gasteiger partial charge >= 0.3 is 0 Å². The van der Waals surface area contributed by atoms with Crippen molar-refractivity contribution in [2.24, 2.45) is 5.92 Å². The highest BCUT2D eigenvalue weighted by atomic mass is 16.4. The largest absolute Gasteiger partial charge is 0.441 e. The molecule has 2 heterocycles. The van der Waals surface area contributed by atoms with E-state index < -0.39 is 0 Å². The van der Waals surface area contributed by atoms with Crippen LogP contribution in [0.1, 0.15) is 48.8 Å². The summed E-state index contributed by atoms with van der Waals surface area (Å²) < 4.78 is 5.98. The van der Waals surface area contributed by atoms with Crippen molar-refractivity contribution in [1.82, 2.24) is 15.2 Å². The highest BCUT2D eigenvalue weighted by molar-refractivity contribution is 5.79. The number of rotatable bonds is 8. The lowest BCUT2D eigenvalue weighted by Crippen LogP contribution is -2.43. The fourth-order valence-electron chi connectivity index (χ4n) is 4.53. The van der Waals surface area contributed by atoms with Gasteiger partial charge in [0.05, 0.1) is 5.69 Å². The van der Waals surface area contributed by atoms with E-state index in [-0.39, 0.29) is 17.9 Å². The lowest BCUT2D eigenvalue weighted by atomic mass is 9.95. The van der Waals surface area contributed by atoms with Gasteiger partial charge < -0.3 is 9.73 Å². The number of hydrogen-bond donors (Lipinski definition) is 1. The maximum absolute atomic E-state index is 12.8. The van der Waals surface area contributed by atoms with E-state index in [1.807, 2.05) is 25.1 Å². The number of aryl methyl sites for hydroxylation is 3. The lowest BCUT2D eigenvalue weighted by Gasteiger charge is -2.31. The van der Waals surface area contributed by atoms with Crippen molar-refractivity contribution in [3.8, 4) is 11.5 Å². The summed E-state index contributed by atoms with van der Waals surface area (Å²) in [6.07, 6.45) is 3.73. The third-order valence-corrected chi connectivity index (χ3v) is 6.70. The Hall–Kier alpha value is -2.92. The second-order valence-electron chi connectivity index (χ2n) is 9.32. The molecule has 1 N–H and O–H groups in total. The molecule has 1 fully saturated rings. The number of hydrogen-bond acceptors (Lipinski definition) is 4. The number of likely N-dealkylation sites (tertiary alicyclic amines) is 1. The topological polar surface area (TPSA) is 58.4 Å². The number of piperidine rings is 1. The molecule has 0 radical (unpaired) electrons. The van der Waals surface area contributed by atoms with Crippen LogP contribution in [0.4, 0.5) is 0 Å². The number of nitrogens with one attached hydrogen (secondary N) is 1. The molecule has 0 aliphatic carbocycles. The quantitative estimate of drug-likeness (QED) is 0.511. The number of benzene rings is 2. The van der Waals surface area contributed by atoms with Crippen LogP contribution in [0.2, 0.25) is 0 Å². The van der Waals surface area contributed by atoms with E-state index in [0.29, 0.717) is 5.89 Å². The molecule has 174 valence electrons. The minimum Gasteiger partial charge on any atom is -0.441 e. The molecule has 1 saturated heterocycles. The van der Waals surface area contributed by atoms with Crippen LogP contribution in [0, 0.1) is 19.8 Å². The number of oxazole rings is 1. The van der Waals surface area contributed by atoms with Crippen LogP contribution in [0.5, 0.6) is 0 Å². The summed E-state index contributed by atoms with van der Waals surface area (Å²) in [4.78, 5) is 19.9. The number of carbonyl (C=O) groups excluding carboxylic acids is 1. The predicted octanol–water partition coefficient (Wildman–Crippen LogP) is 5.31. The molecule has 1 aliphatic heterocycles. The average molecular weight is 446 g/mol. The van der Waals surface area contributed by atoms with Gasteiger partial charge in [-0.2, -0.15) is 0 Å². The maximum Gasteiger partial charge on any atom is 0.226 e. The molecule has 1 aromatic heterocycles. The molecule has 2 aromatic carbocycles. The summed E-state index contributed by atoms with van der Waals surface area (Å²) in [5, 5.41) is 3.24. The number of amides is 1. The first-order valence-electron chi connectivity index (χ1n) is 12.1. The van der Waals surface area contributed by atoms with Gasteiger partial charge in [0.15, 0.2) is 0 Å². The van der Waals surface area contributed by atoms with Gasteiger partial charge in [0, 0.05) is 24.1 Å². The maximum atomic E-state index is 12.8. The number of aromatic nitrogens is 1. The van der Waals surface area contributed by atoms with Gasteiger partial charge in [-0.1, -0.05) is 48.5 Å². The minimum atomic E-state index is 0.0985. The zero-order chi connectivity index (χ0) is 23.2. The Kier molecular flexibility index (Phi) is 7.61. The standard InChI is InChI=1S/C28H35N3O2/c1-20-9-7-8-12-25(20)28-30-26(22(3)33-28)19-31-17-15-24(16-18-31)27(32)29-21(2)13-14-23-10-5-4-6-11-23/h4-12,21,24H,13-19H2,1-3H3,(H,29,32). The van der Waals surface area contributed by atoms with E-state index in [1.165, 1.54) is 5.56 Å². The van der Waals surface area contributed by atoms with Crippen LogP contribution in [0.25, 0.3) is 11.5 Å². The second kappa shape index (κ2) is 10.8. The predicted molar refractivity (Wildman–Crippen MR) is 132 cm³/mol. The van der Waals surface area contributed by atoms with Crippen LogP contribution in [-0.2, 0) is 17.8 Å². The zero-order valence-electron chi connectivity index (χ0n) is 20.0. The van der Waals surface area contributed by atoms with Gasteiger partial charge in [-0.3, -0.25) is 9.69 Å². The van der Waals surface area contributed by atoms with Crippen molar-refractivity contribution in [2.45, 2.75) is 59.0 Å². The first kappa shape index (κ1) is 23.2. The summed E-state index contributed by atoms with van der Waals surface area (Å²) >= 11 is 0. The van der Waals surface area contributed by atoms with E-state index >= 15 is 0 Å². The SMILES string of the molecule is Cc1ccccc1-c1nc(CN2CCC(C(=O)NC(C)CCc3ccccc3)CC2)c(C)o1. The zero-order valence-corrected chi connectivity index (χ0v) is 20.0. The molecule has 33 heavy (non-hydrogen) atoms. The molecule has 1 unspecified atom stereocenters. The van der Waals surface area contributed by atoms with Gasteiger partial charge in [0.25, 0.3) is 0 Å². The summed E-state index contributed by atoms with van der Waals surface area (Å²) in [5.41, 5.74) is 4.52. The summed E-state index contributed by atoms with van der Waals surface area (Å²) in [7, 11) is 0. The molecule has 0 bridgehead atoms. The first-order chi connectivity index (χ1) is 16.0. The molecule has 3 aromatic rings. The van der Waals surface area contributed by atoms with Crippen LogP contribution >= 0.6 is 0 Å². The number of carbonyl (C=O) groups is 1. The third kappa shape index (κ3) is 6.11. The van der Waals surface area contributed by atoms with Crippen molar-refractivity contribution in [3.05, 3.63) is 77.2 Å². The Balaban J connectivity index is 1.24. The molecule has 5 heteroatoms. The highest BCUT2D eigenvalue weighted by Gasteiger charge is 2.27. The second-order valence-corrected chi connectivity index (χ2v) is 9.32. The number of nitrogens with zero attached hydrogens (tertiary/aromatic N) is 2. The van der Waals surface area contributed by atoms with Crippen molar-refractivity contribution in [2.75, 3.05) is 13.1 Å². The molecule has 1 amide bonds. The highest BCUT2D eigenvalue weighted by Crippen LogP contribution is 2.26. The molecule has 1 aliphatic rings. The Morgan fingerprint density at radius 2 is 1.79 bits per heavy atom. The Morgan fingerprint density at radius 3 is 2.52 bits per heavy atom. The summed E-state index contributed by atoms with van der Waals surface area (Å²) in [6.45, 7) is 8.75. The van der Waals surface area contributed by atoms with Crippen LogP contribution in [0.3, 0.4) is 0 Å². The van der Waals surface area contributed by atoms with Gasteiger partial charge in [-0.15, -0.1) is 0 Å². The lowest BCUT2D eigenvalue weighted by molar-refractivity contribution is -0.127.